The van der Waals surface area contributed by atoms with Gasteiger partial charge in [-0.05, 0) is 19.4 Å². The van der Waals surface area contributed by atoms with Crippen molar-refractivity contribution in [2.24, 2.45) is 0 Å². The Bertz CT molecular complexity index is 184. The summed E-state index contributed by atoms with van der Waals surface area (Å²) < 4.78 is 0. The molecule has 5 nitrogen and oxygen atoms in total. The molecule has 94 valence electrons. The van der Waals surface area contributed by atoms with Gasteiger partial charge in [0.1, 0.15) is 0 Å². The molecule has 0 fully saturated rings. The number of hydrogen-bond acceptors (Lipinski definition) is 3. The SMILES string of the molecule is O=C(O)CCCCCCCNCCC(=O)O. The second-order valence-corrected chi connectivity index (χ2v) is 3.81. The minimum absolute atomic E-state index is 0.165. The van der Waals surface area contributed by atoms with Gasteiger partial charge < -0.3 is 15.5 Å². The zero-order valence-electron chi connectivity index (χ0n) is 9.57. The highest BCUT2D eigenvalue weighted by atomic mass is 16.4. The average Bonchev–Trinajstić information content (AvgIpc) is 2.20. The Labute approximate surface area is 95.9 Å². The van der Waals surface area contributed by atoms with Crippen LogP contribution in [0.2, 0.25) is 0 Å². The lowest BCUT2D eigenvalue weighted by molar-refractivity contribution is -0.138. The highest BCUT2D eigenvalue weighted by Gasteiger charge is 1.97. The Morgan fingerprint density at radius 1 is 0.750 bits per heavy atom. The van der Waals surface area contributed by atoms with Crippen LogP contribution in [0, 0.1) is 0 Å². The maximum absolute atomic E-state index is 10.2. The van der Waals surface area contributed by atoms with E-state index in [4.69, 9.17) is 10.2 Å². The van der Waals surface area contributed by atoms with Crippen molar-refractivity contribution in [1.82, 2.24) is 5.32 Å². The molecular weight excluding hydrogens is 210 g/mol. The monoisotopic (exact) mass is 231 g/mol. The topological polar surface area (TPSA) is 86.6 Å². The van der Waals surface area contributed by atoms with E-state index in [2.05, 4.69) is 5.32 Å². The minimum atomic E-state index is -0.777. The largest absolute Gasteiger partial charge is 0.481 e. The van der Waals surface area contributed by atoms with E-state index >= 15 is 0 Å². The molecule has 0 saturated heterocycles. The summed E-state index contributed by atoms with van der Waals surface area (Å²) in [6, 6.07) is 0. The van der Waals surface area contributed by atoms with Gasteiger partial charge in [0, 0.05) is 13.0 Å². The number of carboxylic acid groups (broad SMARTS) is 2. The van der Waals surface area contributed by atoms with Gasteiger partial charge in [-0.1, -0.05) is 19.3 Å². The molecule has 0 rings (SSSR count). The van der Waals surface area contributed by atoms with E-state index in [-0.39, 0.29) is 12.8 Å². The molecule has 0 amide bonds. The van der Waals surface area contributed by atoms with Gasteiger partial charge in [0.2, 0.25) is 0 Å². The first kappa shape index (κ1) is 14.9. The van der Waals surface area contributed by atoms with Crippen LogP contribution in [0.1, 0.15) is 44.9 Å². The summed E-state index contributed by atoms with van der Waals surface area (Å²) in [6.45, 7) is 1.36. The lowest BCUT2D eigenvalue weighted by atomic mass is 10.1. The number of carboxylic acids is 2. The molecule has 0 radical (unpaired) electrons. The zero-order valence-corrected chi connectivity index (χ0v) is 9.57. The van der Waals surface area contributed by atoms with Crippen LogP contribution in [0.3, 0.4) is 0 Å². The molecule has 0 aliphatic carbocycles. The van der Waals surface area contributed by atoms with E-state index in [9.17, 15) is 9.59 Å². The minimum Gasteiger partial charge on any atom is -0.481 e. The first-order valence-electron chi connectivity index (χ1n) is 5.77. The van der Waals surface area contributed by atoms with Crippen molar-refractivity contribution in [1.29, 1.82) is 0 Å². The van der Waals surface area contributed by atoms with Crippen LogP contribution in [-0.2, 0) is 9.59 Å². The fourth-order valence-corrected chi connectivity index (χ4v) is 1.38. The predicted molar refractivity (Wildman–Crippen MR) is 60.5 cm³/mol. The van der Waals surface area contributed by atoms with Crippen molar-refractivity contribution in [3.05, 3.63) is 0 Å². The van der Waals surface area contributed by atoms with Gasteiger partial charge in [-0.25, -0.2) is 0 Å². The summed E-state index contributed by atoms with van der Waals surface area (Å²) >= 11 is 0. The molecule has 0 aromatic heterocycles. The van der Waals surface area contributed by atoms with Gasteiger partial charge in [0.25, 0.3) is 0 Å². The second-order valence-electron chi connectivity index (χ2n) is 3.81. The quantitative estimate of drug-likeness (QED) is 0.469. The number of aliphatic carboxylic acids is 2. The van der Waals surface area contributed by atoms with Crippen LogP contribution >= 0.6 is 0 Å². The van der Waals surface area contributed by atoms with Crippen molar-refractivity contribution >= 4 is 11.9 Å². The van der Waals surface area contributed by atoms with E-state index in [1.807, 2.05) is 0 Å². The van der Waals surface area contributed by atoms with Gasteiger partial charge in [-0.15, -0.1) is 0 Å². The number of carbonyl (C=O) groups is 2. The predicted octanol–water partition coefficient (Wildman–Crippen LogP) is 1.48. The standard InChI is InChI=1S/C11H21NO4/c13-10(14)6-4-2-1-3-5-8-12-9-7-11(15)16/h12H,1-9H2,(H,13,14)(H,15,16). The van der Waals surface area contributed by atoms with Crippen LogP contribution in [0.5, 0.6) is 0 Å². The molecule has 0 spiro atoms. The molecule has 0 aromatic rings. The van der Waals surface area contributed by atoms with Gasteiger partial charge >= 0.3 is 11.9 Å². The lowest BCUT2D eigenvalue weighted by Gasteiger charge is -2.02. The third kappa shape index (κ3) is 12.9. The maximum atomic E-state index is 10.2. The van der Waals surface area contributed by atoms with Crippen molar-refractivity contribution in [2.45, 2.75) is 44.9 Å². The van der Waals surface area contributed by atoms with Crippen LogP contribution in [0.4, 0.5) is 0 Å². The lowest BCUT2D eigenvalue weighted by Crippen LogP contribution is -2.19. The maximum Gasteiger partial charge on any atom is 0.304 e. The summed E-state index contributed by atoms with van der Waals surface area (Å²) in [5.41, 5.74) is 0. The fourth-order valence-electron chi connectivity index (χ4n) is 1.38. The first-order valence-corrected chi connectivity index (χ1v) is 5.77. The molecule has 5 heteroatoms. The normalized spacial score (nSPS) is 10.2. The van der Waals surface area contributed by atoms with Crippen molar-refractivity contribution in [3.63, 3.8) is 0 Å². The molecule has 0 aromatic carbocycles. The molecule has 0 heterocycles. The van der Waals surface area contributed by atoms with Crippen molar-refractivity contribution in [3.8, 4) is 0 Å². The Morgan fingerprint density at radius 2 is 1.31 bits per heavy atom. The average molecular weight is 231 g/mol. The number of rotatable bonds is 11. The molecular formula is C11H21NO4. The Balaban J connectivity index is 2.98. The van der Waals surface area contributed by atoms with Gasteiger partial charge in [0.05, 0.1) is 6.42 Å². The van der Waals surface area contributed by atoms with Crippen LogP contribution in [0.15, 0.2) is 0 Å². The molecule has 3 N–H and O–H groups in total. The summed E-state index contributed by atoms with van der Waals surface area (Å²) in [5, 5.41) is 19.8. The Hall–Kier alpha value is -1.10. The number of hydrogen-bond donors (Lipinski definition) is 3. The van der Waals surface area contributed by atoms with Crippen molar-refractivity contribution in [2.75, 3.05) is 13.1 Å². The van der Waals surface area contributed by atoms with Crippen LogP contribution < -0.4 is 5.32 Å². The van der Waals surface area contributed by atoms with Gasteiger partial charge in [-0.2, -0.15) is 0 Å². The molecule has 0 bridgehead atoms. The molecule has 0 aliphatic rings. The van der Waals surface area contributed by atoms with Gasteiger partial charge in [-0.3, -0.25) is 9.59 Å². The number of nitrogens with one attached hydrogen (secondary N) is 1. The Morgan fingerprint density at radius 3 is 1.94 bits per heavy atom. The summed E-state index contributed by atoms with van der Waals surface area (Å²) in [4.78, 5) is 20.4. The van der Waals surface area contributed by atoms with Crippen LogP contribution in [-0.4, -0.2) is 35.2 Å². The van der Waals surface area contributed by atoms with Crippen molar-refractivity contribution < 1.29 is 19.8 Å². The summed E-state index contributed by atoms with van der Waals surface area (Å²) in [5.74, 6) is -1.50. The molecule has 0 atom stereocenters. The third-order valence-electron chi connectivity index (χ3n) is 2.26. The molecule has 16 heavy (non-hydrogen) atoms. The summed E-state index contributed by atoms with van der Waals surface area (Å²) in [7, 11) is 0. The summed E-state index contributed by atoms with van der Waals surface area (Å²) in [6.07, 6.45) is 5.28. The van der Waals surface area contributed by atoms with E-state index in [1.54, 1.807) is 0 Å². The molecule has 0 aliphatic heterocycles. The third-order valence-corrected chi connectivity index (χ3v) is 2.26. The van der Waals surface area contributed by atoms with Gasteiger partial charge in [0.15, 0.2) is 0 Å². The van der Waals surface area contributed by atoms with E-state index in [1.165, 1.54) is 0 Å². The number of unbranched alkanes of at least 4 members (excludes halogenated alkanes) is 4. The van der Waals surface area contributed by atoms with E-state index in [0.29, 0.717) is 6.54 Å². The van der Waals surface area contributed by atoms with E-state index < -0.39 is 11.9 Å². The molecule has 0 unspecified atom stereocenters. The smallest absolute Gasteiger partial charge is 0.304 e. The van der Waals surface area contributed by atoms with Crippen LogP contribution in [0.25, 0.3) is 0 Å². The van der Waals surface area contributed by atoms with E-state index in [0.717, 1.165) is 38.6 Å². The fraction of sp³-hybridized carbons (Fsp3) is 0.818. The Kier molecular flexibility index (Phi) is 9.70. The highest BCUT2D eigenvalue weighted by Crippen LogP contribution is 2.04. The zero-order chi connectivity index (χ0) is 12.2. The first-order chi connectivity index (χ1) is 7.63. The second kappa shape index (κ2) is 10.4. The highest BCUT2D eigenvalue weighted by molar-refractivity contribution is 5.67. The molecule has 0 saturated carbocycles.